The van der Waals surface area contributed by atoms with Gasteiger partial charge in [0.05, 0.1) is 19.8 Å². The minimum atomic E-state index is -1.43. The van der Waals surface area contributed by atoms with Gasteiger partial charge in [-0.2, -0.15) is 0 Å². The Labute approximate surface area is 170 Å². The van der Waals surface area contributed by atoms with E-state index in [4.69, 9.17) is 9.47 Å². The van der Waals surface area contributed by atoms with Gasteiger partial charge in [-0.05, 0) is 46.5 Å². The van der Waals surface area contributed by atoms with Crippen LogP contribution in [0.1, 0.15) is 53.4 Å². The van der Waals surface area contributed by atoms with Crippen molar-refractivity contribution in [3.05, 3.63) is 0 Å². The zero-order valence-corrected chi connectivity index (χ0v) is 17.7. The van der Waals surface area contributed by atoms with Gasteiger partial charge >= 0.3 is 18.0 Å². The van der Waals surface area contributed by atoms with E-state index in [1.165, 1.54) is 7.11 Å². The minimum absolute atomic E-state index is 0.0458. The van der Waals surface area contributed by atoms with Crippen LogP contribution in [0.5, 0.6) is 0 Å². The Balaban J connectivity index is 2.78. The highest BCUT2D eigenvalue weighted by Crippen LogP contribution is 2.38. The molecule has 0 radical (unpaired) electrons. The number of alkyl carbamates (subject to hydrolysis) is 1. The van der Waals surface area contributed by atoms with Crippen molar-refractivity contribution in [2.45, 2.75) is 70.6 Å². The highest BCUT2D eigenvalue weighted by atomic mass is 16.6. The number of ether oxygens (including phenoxy) is 3. The van der Waals surface area contributed by atoms with E-state index in [2.05, 4.69) is 15.4 Å². The molecular weight excluding hydrogens is 384 g/mol. The van der Waals surface area contributed by atoms with Crippen LogP contribution in [-0.2, 0) is 28.6 Å². The van der Waals surface area contributed by atoms with Crippen LogP contribution in [-0.4, -0.2) is 66.6 Å². The van der Waals surface area contributed by atoms with Gasteiger partial charge < -0.3 is 30.0 Å². The summed E-state index contributed by atoms with van der Waals surface area (Å²) >= 11 is 0. The van der Waals surface area contributed by atoms with E-state index in [9.17, 15) is 24.3 Å². The van der Waals surface area contributed by atoms with Gasteiger partial charge in [0.25, 0.3) is 0 Å². The van der Waals surface area contributed by atoms with Crippen LogP contribution >= 0.6 is 0 Å². The van der Waals surface area contributed by atoms with Gasteiger partial charge in [-0.15, -0.1) is 0 Å². The van der Waals surface area contributed by atoms with Crippen molar-refractivity contribution in [1.82, 2.24) is 10.6 Å². The monoisotopic (exact) mass is 416 g/mol. The van der Waals surface area contributed by atoms with Crippen LogP contribution in [0.4, 0.5) is 4.79 Å². The van der Waals surface area contributed by atoms with E-state index >= 15 is 0 Å². The molecule has 3 N–H and O–H groups in total. The number of carbonyl (C=O) groups excluding carboxylic acids is 4. The predicted octanol–water partition coefficient (Wildman–Crippen LogP) is 0.653. The van der Waals surface area contributed by atoms with E-state index in [-0.39, 0.29) is 25.9 Å². The molecule has 1 fully saturated rings. The highest BCUT2D eigenvalue weighted by molar-refractivity contribution is 5.90. The Kier molecular flexibility index (Phi) is 8.87. The van der Waals surface area contributed by atoms with Gasteiger partial charge in [0.2, 0.25) is 5.91 Å². The van der Waals surface area contributed by atoms with Crippen molar-refractivity contribution in [1.29, 1.82) is 0 Å². The van der Waals surface area contributed by atoms with Crippen LogP contribution in [0.25, 0.3) is 0 Å². The lowest BCUT2D eigenvalue weighted by Crippen LogP contribution is -2.56. The van der Waals surface area contributed by atoms with Crippen molar-refractivity contribution in [2.75, 3.05) is 20.3 Å². The van der Waals surface area contributed by atoms with E-state index < -0.39 is 53.6 Å². The lowest BCUT2D eigenvalue weighted by atomic mass is 9.93. The number of esters is 2. The summed E-state index contributed by atoms with van der Waals surface area (Å²) in [7, 11) is 1.27. The second-order valence-corrected chi connectivity index (χ2v) is 8.06. The number of aliphatic hydroxyl groups is 1. The van der Waals surface area contributed by atoms with Crippen molar-refractivity contribution in [2.24, 2.45) is 5.92 Å². The fourth-order valence-electron chi connectivity index (χ4n) is 3.26. The third-order valence-corrected chi connectivity index (χ3v) is 4.50. The van der Waals surface area contributed by atoms with Gasteiger partial charge in [-0.1, -0.05) is 0 Å². The minimum Gasteiger partial charge on any atom is -0.469 e. The molecule has 0 heterocycles. The summed E-state index contributed by atoms with van der Waals surface area (Å²) in [5, 5.41) is 15.3. The molecule has 0 bridgehead atoms. The topological polar surface area (TPSA) is 140 Å². The maximum atomic E-state index is 12.6. The summed E-state index contributed by atoms with van der Waals surface area (Å²) in [6.45, 7) is 6.41. The summed E-state index contributed by atoms with van der Waals surface area (Å²) in [5.74, 6) is -2.09. The van der Waals surface area contributed by atoms with Gasteiger partial charge in [0.1, 0.15) is 17.7 Å². The zero-order chi connectivity index (χ0) is 22.2. The molecule has 1 saturated carbocycles. The number of nitrogens with one attached hydrogen (secondary N) is 2. The molecule has 2 amide bonds. The summed E-state index contributed by atoms with van der Waals surface area (Å²) in [5.41, 5.74) is -2.14. The molecule has 1 aliphatic rings. The first-order valence-electron chi connectivity index (χ1n) is 9.62. The SMILES string of the molecule is CCOC(=O)[C@@]1(NC(=O)CNC(=O)OC(C)(C)C)C[C@H](CCC(=O)OC)[C@@H](O)C1. The van der Waals surface area contributed by atoms with Crippen molar-refractivity contribution < 1.29 is 38.5 Å². The average molecular weight is 416 g/mol. The van der Waals surface area contributed by atoms with Crippen molar-refractivity contribution >= 4 is 23.9 Å². The molecular formula is C19H32N2O8. The van der Waals surface area contributed by atoms with Gasteiger partial charge in [-0.3, -0.25) is 9.59 Å². The first-order chi connectivity index (χ1) is 13.4. The molecule has 0 aromatic heterocycles. The summed E-state index contributed by atoms with van der Waals surface area (Å²) in [4.78, 5) is 48.0. The first-order valence-corrected chi connectivity index (χ1v) is 9.62. The fourth-order valence-corrected chi connectivity index (χ4v) is 3.26. The van der Waals surface area contributed by atoms with Crippen LogP contribution in [0.3, 0.4) is 0 Å². The molecule has 0 saturated heterocycles. The number of methoxy groups -OCH3 is 1. The van der Waals surface area contributed by atoms with Crippen LogP contribution in [0.2, 0.25) is 0 Å². The molecule has 0 aromatic rings. The largest absolute Gasteiger partial charge is 0.469 e. The van der Waals surface area contributed by atoms with E-state index in [0.29, 0.717) is 6.42 Å². The third kappa shape index (κ3) is 7.88. The van der Waals surface area contributed by atoms with Crippen molar-refractivity contribution in [3.63, 3.8) is 0 Å². The number of amides is 2. The number of rotatable bonds is 8. The Morgan fingerprint density at radius 3 is 2.38 bits per heavy atom. The summed E-state index contributed by atoms with van der Waals surface area (Å²) < 4.78 is 14.8. The zero-order valence-electron chi connectivity index (χ0n) is 17.7. The lowest BCUT2D eigenvalue weighted by Gasteiger charge is -2.28. The lowest BCUT2D eigenvalue weighted by molar-refractivity contribution is -0.153. The van der Waals surface area contributed by atoms with Gasteiger partial charge in [-0.25, -0.2) is 9.59 Å². The van der Waals surface area contributed by atoms with Crippen LogP contribution in [0, 0.1) is 5.92 Å². The number of hydrogen-bond acceptors (Lipinski definition) is 8. The normalized spacial score (nSPS) is 23.8. The third-order valence-electron chi connectivity index (χ3n) is 4.50. The molecule has 0 spiro atoms. The maximum absolute atomic E-state index is 12.6. The molecule has 0 aliphatic heterocycles. The van der Waals surface area contributed by atoms with Crippen LogP contribution in [0.15, 0.2) is 0 Å². The molecule has 0 aromatic carbocycles. The average Bonchev–Trinajstić information content (AvgIpc) is 2.93. The fraction of sp³-hybridized carbons (Fsp3) is 0.789. The van der Waals surface area contributed by atoms with Crippen LogP contribution < -0.4 is 10.6 Å². The Bertz CT molecular complexity index is 616. The molecule has 1 aliphatic carbocycles. The smallest absolute Gasteiger partial charge is 0.408 e. The number of hydrogen-bond donors (Lipinski definition) is 3. The second-order valence-electron chi connectivity index (χ2n) is 8.06. The quantitative estimate of drug-likeness (QED) is 0.387. The Morgan fingerprint density at radius 1 is 1.17 bits per heavy atom. The summed E-state index contributed by atoms with van der Waals surface area (Å²) in [6.07, 6.45) is -1.20. The van der Waals surface area contributed by atoms with Gasteiger partial charge in [0.15, 0.2) is 0 Å². The second kappa shape index (κ2) is 10.4. The highest BCUT2D eigenvalue weighted by Gasteiger charge is 2.51. The first kappa shape index (κ1) is 24.7. The summed E-state index contributed by atoms with van der Waals surface area (Å²) in [6, 6.07) is 0. The molecule has 1 rings (SSSR count). The molecule has 3 atom stereocenters. The predicted molar refractivity (Wildman–Crippen MR) is 102 cm³/mol. The molecule has 0 unspecified atom stereocenters. The van der Waals surface area contributed by atoms with Gasteiger partial charge in [0, 0.05) is 12.8 Å². The molecule has 10 heteroatoms. The van der Waals surface area contributed by atoms with E-state index in [0.717, 1.165) is 0 Å². The maximum Gasteiger partial charge on any atom is 0.408 e. The Morgan fingerprint density at radius 2 is 1.83 bits per heavy atom. The number of aliphatic hydroxyl groups excluding tert-OH is 1. The molecule has 29 heavy (non-hydrogen) atoms. The molecule has 10 nitrogen and oxygen atoms in total. The van der Waals surface area contributed by atoms with E-state index in [1.807, 2.05) is 0 Å². The standard InChI is InChI=1S/C19H32N2O8/c1-6-28-16(25)19(9-12(13(22)10-19)7-8-15(24)27-5)21-14(23)11-20-17(26)29-18(2,3)4/h12-13,22H,6-11H2,1-5H3,(H,20,26)(H,21,23)/t12-,13-,19+/m0/s1. The number of carbonyl (C=O) groups is 4. The molecule has 166 valence electrons. The van der Waals surface area contributed by atoms with Crippen molar-refractivity contribution in [3.8, 4) is 0 Å². The Hall–Kier alpha value is -2.36. The van der Waals surface area contributed by atoms with E-state index in [1.54, 1.807) is 27.7 Å².